The molecule has 0 aromatic carbocycles. The third-order valence-corrected chi connectivity index (χ3v) is 5.40. The predicted octanol–water partition coefficient (Wildman–Crippen LogP) is 3.83. The second-order valence-corrected chi connectivity index (χ2v) is 6.46. The highest BCUT2D eigenvalue weighted by Gasteiger charge is 2.43. The van der Waals surface area contributed by atoms with E-state index in [4.69, 9.17) is 4.74 Å². The van der Waals surface area contributed by atoms with E-state index in [-0.39, 0.29) is 18.1 Å². The molecule has 0 amide bonds. The molecule has 2 nitrogen and oxygen atoms in total. The van der Waals surface area contributed by atoms with Crippen molar-refractivity contribution in [2.24, 2.45) is 23.7 Å². The summed E-state index contributed by atoms with van der Waals surface area (Å²) in [4.78, 5) is 12.7. The van der Waals surface area contributed by atoms with Gasteiger partial charge in [0.05, 0.1) is 12.2 Å². The van der Waals surface area contributed by atoms with Gasteiger partial charge in [0.2, 0.25) is 0 Å². The molecule has 2 rings (SSSR count). The topological polar surface area (TPSA) is 26.3 Å². The Morgan fingerprint density at radius 1 is 1.06 bits per heavy atom. The molecule has 0 spiro atoms. The minimum Gasteiger partial charge on any atom is -0.375 e. The fraction of sp³-hybridized carbons (Fsp3) is 0.938. The van der Waals surface area contributed by atoms with Crippen molar-refractivity contribution in [1.82, 2.24) is 0 Å². The van der Waals surface area contributed by atoms with Crippen molar-refractivity contribution in [1.29, 1.82) is 0 Å². The molecule has 1 saturated heterocycles. The molecule has 1 heterocycles. The van der Waals surface area contributed by atoms with Crippen LogP contribution in [0.25, 0.3) is 0 Å². The Morgan fingerprint density at radius 3 is 2.11 bits per heavy atom. The largest absolute Gasteiger partial charge is 0.375 e. The fourth-order valence-electron chi connectivity index (χ4n) is 3.88. The molecule has 2 aliphatic rings. The summed E-state index contributed by atoms with van der Waals surface area (Å²) in [7, 11) is 0. The lowest BCUT2D eigenvalue weighted by Crippen LogP contribution is -2.34. The zero-order valence-electron chi connectivity index (χ0n) is 12.3. The van der Waals surface area contributed by atoms with Gasteiger partial charge in [-0.1, -0.05) is 20.3 Å². The lowest BCUT2D eigenvalue weighted by molar-refractivity contribution is -0.130. The van der Waals surface area contributed by atoms with Gasteiger partial charge in [-0.2, -0.15) is 0 Å². The first-order valence-electron chi connectivity index (χ1n) is 7.73. The van der Waals surface area contributed by atoms with E-state index in [0.29, 0.717) is 17.6 Å². The maximum atomic E-state index is 12.7. The minimum absolute atomic E-state index is 0.117. The third kappa shape index (κ3) is 2.64. The van der Waals surface area contributed by atoms with Crippen LogP contribution in [0.1, 0.15) is 59.8 Å². The highest BCUT2D eigenvalue weighted by atomic mass is 16.5. The lowest BCUT2D eigenvalue weighted by Gasteiger charge is -2.30. The van der Waals surface area contributed by atoms with Crippen LogP contribution in [0.15, 0.2) is 0 Å². The van der Waals surface area contributed by atoms with Crippen LogP contribution < -0.4 is 0 Å². The Labute approximate surface area is 111 Å². The molecule has 2 heteroatoms. The Morgan fingerprint density at radius 2 is 1.67 bits per heavy atom. The lowest BCUT2D eigenvalue weighted by atomic mass is 9.73. The molecular formula is C16H28O2. The Bertz CT molecular complexity index is 291. The molecule has 0 bridgehead atoms. The van der Waals surface area contributed by atoms with E-state index in [0.717, 1.165) is 18.8 Å². The van der Waals surface area contributed by atoms with Gasteiger partial charge in [0.1, 0.15) is 5.78 Å². The van der Waals surface area contributed by atoms with Crippen molar-refractivity contribution in [3.63, 3.8) is 0 Å². The van der Waals surface area contributed by atoms with Gasteiger partial charge in [-0.05, 0) is 51.4 Å². The molecule has 0 aromatic heterocycles. The van der Waals surface area contributed by atoms with Gasteiger partial charge < -0.3 is 4.74 Å². The van der Waals surface area contributed by atoms with E-state index in [9.17, 15) is 4.79 Å². The number of ether oxygens (including phenoxy) is 1. The number of hydrogen-bond donors (Lipinski definition) is 0. The Balaban J connectivity index is 1.95. The van der Waals surface area contributed by atoms with Crippen molar-refractivity contribution in [2.75, 3.05) is 0 Å². The van der Waals surface area contributed by atoms with Gasteiger partial charge in [-0.15, -0.1) is 0 Å². The van der Waals surface area contributed by atoms with E-state index in [2.05, 4.69) is 27.7 Å². The Kier molecular flexibility index (Phi) is 4.47. The van der Waals surface area contributed by atoms with Crippen molar-refractivity contribution in [2.45, 2.75) is 72.0 Å². The molecule has 1 saturated carbocycles. The summed E-state index contributed by atoms with van der Waals surface area (Å²) in [5, 5.41) is 0. The zero-order valence-corrected chi connectivity index (χ0v) is 12.3. The normalized spacial score (nSPS) is 45.1. The van der Waals surface area contributed by atoms with Crippen LogP contribution in [0.5, 0.6) is 0 Å². The number of carbonyl (C=O) groups excluding carboxylic acids is 1. The van der Waals surface area contributed by atoms with Crippen LogP contribution in [0.2, 0.25) is 0 Å². The van der Waals surface area contributed by atoms with Gasteiger partial charge >= 0.3 is 0 Å². The van der Waals surface area contributed by atoms with Gasteiger partial charge in [-0.25, -0.2) is 0 Å². The van der Waals surface area contributed by atoms with Crippen LogP contribution in [0.3, 0.4) is 0 Å². The smallest absolute Gasteiger partial charge is 0.141 e. The molecular weight excluding hydrogens is 224 g/mol. The van der Waals surface area contributed by atoms with Gasteiger partial charge in [0, 0.05) is 11.8 Å². The third-order valence-electron chi connectivity index (χ3n) is 5.40. The summed E-state index contributed by atoms with van der Waals surface area (Å²) in [6.45, 7) is 8.61. The SMILES string of the molecule is CCC1CCC(C(=O)C2C(C)OC(C)C2C)CC1. The van der Waals surface area contributed by atoms with Gasteiger partial charge in [0.25, 0.3) is 0 Å². The van der Waals surface area contributed by atoms with E-state index in [1.54, 1.807) is 0 Å². The molecule has 1 aliphatic carbocycles. The van der Waals surface area contributed by atoms with Crippen molar-refractivity contribution < 1.29 is 9.53 Å². The minimum atomic E-state index is 0.117. The highest BCUT2D eigenvalue weighted by molar-refractivity contribution is 5.84. The maximum Gasteiger partial charge on any atom is 0.141 e. The number of hydrogen-bond acceptors (Lipinski definition) is 2. The summed E-state index contributed by atoms with van der Waals surface area (Å²) >= 11 is 0. The van der Waals surface area contributed by atoms with Crippen molar-refractivity contribution in [3.8, 4) is 0 Å². The Hall–Kier alpha value is -0.370. The van der Waals surface area contributed by atoms with E-state index < -0.39 is 0 Å². The first kappa shape index (κ1) is 14.0. The molecule has 1 aliphatic heterocycles. The van der Waals surface area contributed by atoms with E-state index in [1.165, 1.54) is 19.3 Å². The molecule has 4 unspecified atom stereocenters. The maximum absolute atomic E-state index is 12.7. The second kappa shape index (κ2) is 5.73. The molecule has 2 fully saturated rings. The quantitative estimate of drug-likeness (QED) is 0.763. The molecule has 0 aromatic rings. The van der Waals surface area contributed by atoms with Crippen LogP contribution in [0.4, 0.5) is 0 Å². The average molecular weight is 252 g/mol. The molecule has 0 radical (unpaired) electrons. The summed E-state index contributed by atoms with van der Waals surface area (Å²) in [5.41, 5.74) is 0. The predicted molar refractivity (Wildman–Crippen MR) is 73.4 cm³/mol. The second-order valence-electron chi connectivity index (χ2n) is 6.46. The number of carbonyl (C=O) groups is 1. The van der Waals surface area contributed by atoms with E-state index in [1.807, 2.05) is 0 Å². The average Bonchev–Trinajstić information content (AvgIpc) is 2.63. The van der Waals surface area contributed by atoms with E-state index >= 15 is 0 Å². The van der Waals surface area contributed by atoms with Crippen LogP contribution >= 0.6 is 0 Å². The summed E-state index contributed by atoms with van der Waals surface area (Å²) in [6, 6.07) is 0. The first-order valence-corrected chi connectivity index (χ1v) is 7.73. The number of ketones is 1. The van der Waals surface area contributed by atoms with Crippen LogP contribution in [-0.4, -0.2) is 18.0 Å². The summed E-state index contributed by atoms with van der Waals surface area (Å²) in [5.74, 6) is 2.20. The fourth-order valence-corrected chi connectivity index (χ4v) is 3.88. The van der Waals surface area contributed by atoms with Gasteiger partial charge in [-0.3, -0.25) is 4.79 Å². The molecule has 4 atom stereocenters. The standard InChI is InChI=1S/C16H28O2/c1-5-13-6-8-14(9-7-13)16(17)15-10(2)11(3)18-12(15)4/h10-15H,5-9H2,1-4H3. The number of rotatable bonds is 3. The molecule has 104 valence electrons. The monoisotopic (exact) mass is 252 g/mol. The first-order chi connectivity index (χ1) is 8.54. The summed E-state index contributed by atoms with van der Waals surface area (Å²) in [6.07, 6.45) is 6.35. The van der Waals surface area contributed by atoms with Gasteiger partial charge in [0.15, 0.2) is 0 Å². The zero-order chi connectivity index (χ0) is 13.3. The van der Waals surface area contributed by atoms with Crippen molar-refractivity contribution in [3.05, 3.63) is 0 Å². The molecule has 0 N–H and O–H groups in total. The molecule has 18 heavy (non-hydrogen) atoms. The summed E-state index contributed by atoms with van der Waals surface area (Å²) < 4.78 is 5.82. The highest BCUT2D eigenvalue weighted by Crippen LogP contribution is 2.39. The van der Waals surface area contributed by atoms with Crippen LogP contribution in [0, 0.1) is 23.7 Å². The number of Topliss-reactive ketones (excluding diaryl/α,β-unsaturated/α-hetero) is 1. The van der Waals surface area contributed by atoms with Crippen LogP contribution in [-0.2, 0) is 9.53 Å². The van der Waals surface area contributed by atoms with Crippen molar-refractivity contribution >= 4 is 5.78 Å².